The topological polar surface area (TPSA) is 63.3 Å². The number of aliphatic carboxylic acids is 1. The van der Waals surface area contributed by atoms with E-state index < -0.39 is 11.5 Å². The first-order chi connectivity index (χ1) is 7.01. The highest BCUT2D eigenvalue weighted by molar-refractivity contribution is 5.80. The number of hydrogen-bond donors (Lipinski definition) is 2. The molecule has 3 heteroatoms. The van der Waals surface area contributed by atoms with Gasteiger partial charge in [0.2, 0.25) is 0 Å². The Kier molecular flexibility index (Phi) is 2.27. The van der Waals surface area contributed by atoms with Gasteiger partial charge in [0.15, 0.2) is 0 Å². The van der Waals surface area contributed by atoms with E-state index in [-0.39, 0.29) is 0 Å². The largest absolute Gasteiger partial charge is 0.480 e. The van der Waals surface area contributed by atoms with E-state index in [9.17, 15) is 4.79 Å². The first kappa shape index (κ1) is 10.2. The number of carbonyl (C=O) groups is 1. The molecule has 0 amide bonds. The monoisotopic (exact) mass is 205 g/mol. The zero-order valence-corrected chi connectivity index (χ0v) is 8.73. The van der Waals surface area contributed by atoms with Crippen molar-refractivity contribution in [1.29, 1.82) is 0 Å². The Morgan fingerprint density at radius 1 is 1.53 bits per heavy atom. The maximum Gasteiger partial charge on any atom is 0.323 e. The minimum atomic E-state index is -0.992. The molecule has 1 fully saturated rings. The molecule has 0 saturated heterocycles. The molecular weight excluding hydrogens is 190 g/mol. The molecule has 1 aliphatic rings. The highest BCUT2D eigenvalue weighted by Gasteiger charge is 2.47. The Hall–Kier alpha value is -1.35. The van der Waals surface area contributed by atoms with Crippen LogP contribution < -0.4 is 5.73 Å². The summed E-state index contributed by atoms with van der Waals surface area (Å²) >= 11 is 0. The van der Waals surface area contributed by atoms with Crippen LogP contribution in [0.3, 0.4) is 0 Å². The standard InChI is InChI=1S/C12H15NO2/c1-8-3-2-4-9(5-8)10-6-12(13,7-10)11(14)15/h2-5,10H,6-7,13H2,1H3,(H,14,15). The van der Waals surface area contributed by atoms with Crippen molar-refractivity contribution in [1.82, 2.24) is 0 Å². The molecule has 1 aliphatic carbocycles. The van der Waals surface area contributed by atoms with E-state index in [1.807, 2.05) is 25.1 Å². The number of rotatable bonds is 2. The van der Waals surface area contributed by atoms with Crippen LogP contribution in [0.5, 0.6) is 0 Å². The van der Waals surface area contributed by atoms with Crippen LogP contribution >= 0.6 is 0 Å². The Balaban J connectivity index is 2.09. The van der Waals surface area contributed by atoms with Gasteiger partial charge in [0.05, 0.1) is 0 Å². The van der Waals surface area contributed by atoms with E-state index in [0.29, 0.717) is 18.8 Å². The van der Waals surface area contributed by atoms with Gasteiger partial charge in [0, 0.05) is 0 Å². The minimum absolute atomic E-state index is 0.311. The normalized spacial score (nSPS) is 29.6. The van der Waals surface area contributed by atoms with Crippen molar-refractivity contribution in [3.63, 3.8) is 0 Å². The van der Waals surface area contributed by atoms with Gasteiger partial charge in [-0.1, -0.05) is 29.8 Å². The average molecular weight is 205 g/mol. The summed E-state index contributed by atoms with van der Waals surface area (Å²) in [6.07, 6.45) is 1.09. The molecular formula is C12H15NO2. The van der Waals surface area contributed by atoms with E-state index in [2.05, 4.69) is 6.07 Å². The first-order valence-corrected chi connectivity index (χ1v) is 5.10. The van der Waals surface area contributed by atoms with E-state index >= 15 is 0 Å². The fraction of sp³-hybridized carbons (Fsp3) is 0.417. The zero-order valence-electron chi connectivity index (χ0n) is 8.73. The van der Waals surface area contributed by atoms with Crippen molar-refractivity contribution in [2.75, 3.05) is 0 Å². The van der Waals surface area contributed by atoms with E-state index in [1.165, 1.54) is 11.1 Å². The van der Waals surface area contributed by atoms with Gasteiger partial charge in [0.25, 0.3) is 0 Å². The summed E-state index contributed by atoms with van der Waals surface area (Å²) in [5.74, 6) is -0.572. The van der Waals surface area contributed by atoms with Crippen LogP contribution in [0.2, 0.25) is 0 Å². The molecule has 1 aromatic carbocycles. The van der Waals surface area contributed by atoms with Gasteiger partial charge >= 0.3 is 5.97 Å². The Bertz CT molecular complexity index is 394. The first-order valence-electron chi connectivity index (χ1n) is 5.10. The lowest BCUT2D eigenvalue weighted by Crippen LogP contribution is -2.56. The van der Waals surface area contributed by atoms with Crippen LogP contribution in [-0.2, 0) is 4.79 Å². The van der Waals surface area contributed by atoms with Crippen molar-refractivity contribution < 1.29 is 9.90 Å². The molecule has 2 rings (SSSR count). The van der Waals surface area contributed by atoms with Crippen LogP contribution in [-0.4, -0.2) is 16.6 Å². The molecule has 0 aromatic heterocycles. The third kappa shape index (κ3) is 1.75. The SMILES string of the molecule is Cc1cccc(C2CC(N)(C(=O)O)C2)c1. The molecule has 0 aliphatic heterocycles. The van der Waals surface area contributed by atoms with Gasteiger partial charge in [-0.25, -0.2) is 0 Å². The van der Waals surface area contributed by atoms with Crippen molar-refractivity contribution in [2.45, 2.75) is 31.2 Å². The molecule has 3 N–H and O–H groups in total. The Morgan fingerprint density at radius 3 is 2.73 bits per heavy atom. The van der Waals surface area contributed by atoms with Gasteiger partial charge in [-0.3, -0.25) is 4.79 Å². The summed E-state index contributed by atoms with van der Waals surface area (Å²) in [7, 11) is 0. The van der Waals surface area contributed by atoms with E-state index in [0.717, 1.165) is 0 Å². The number of carboxylic acids is 1. The number of hydrogen-bond acceptors (Lipinski definition) is 2. The second-order valence-electron chi connectivity index (χ2n) is 4.48. The molecule has 0 unspecified atom stereocenters. The molecule has 80 valence electrons. The lowest BCUT2D eigenvalue weighted by atomic mass is 9.66. The highest BCUT2D eigenvalue weighted by atomic mass is 16.4. The predicted octanol–water partition coefficient (Wildman–Crippen LogP) is 1.65. The highest BCUT2D eigenvalue weighted by Crippen LogP contribution is 2.43. The average Bonchev–Trinajstić information content (AvgIpc) is 2.12. The maximum absolute atomic E-state index is 10.8. The number of carboxylic acid groups (broad SMARTS) is 1. The lowest BCUT2D eigenvalue weighted by molar-refractivity contribution is -0.147. The smallest absolute Gasteiger partial charge is 0.323 e. The molecule has 0 spiro atoms. The summed E-state index contributed by atoms with van der Waals surface area (Å²) < 4.78 is 0. The zero-order chi connectivity index (χ0) is 11.1. The minimum Gasteiger partial charge on any atom is -0.480 e. The molecule has 0 radical (unpaired) electrons. The molecule has 0 atom stereocenters. The fourth-order valence-corrected chi connectivity index (χ4v) is 2.15. The summed E-state index contributed by atoms with van der Waals surface area (Å²) in [4.78, 5) is 10.8. The van der Waals surface area contributed by atoms with E-state index in [1.54, 1.807) is 0 Å². The third-order valence-electron chi connectivity index (χ3n) is 3.16. The van der Waals surface area contributed by atoms with E-state index in [4.69, 9.17) is 10.8 Å². The number of nitrogens with two attached hydrogens (primary N) is 1. The van der Waals surface area contributed by atoms with Crippen molar-refractivity contribution >= 4 is 5.97 Å². The summed E-state index contributed by atoms with van der Waals surface area (Å²) in [5.41, 5.74) is 7.13. The van der Waals surface area contributed by atoms with Gasteiger partial charge < -0.3 is 10.8 Å². The quantitative estimate of drug-likeness (QED) is 0.771. The van der Waals surface area contributed by atoms with Gasteiger partial charge in [-0.15, -0.1) is 0 Å². The summed E-state index contributed by atoms with van der Waals surface area (Å²) in [6, 6.07) is 8.18. The van der Waals surface area contributed by atoms with Crippen LogP contribution in [0.1, 0.15) is 29.9 Å². The van der Waals surface area contributed by atoms with Gasteiger partial charge in [-0.05, 0) is 31.2 Å². The Labute approximate surface area is 88.9 Å². The predicted molar refractivity (Wildman–Crippen MR) is 57.7 cm³/mol. The molecule has 0 bridgehead atoms. The number of benzene rings is 1. The lowest BCUT2D eigenvalue weighted by Gasteiger charge is -2.41. The summed E-state index contributed by atoms with van der Waals surface area (Å²) in [5, 5.41) is 8.89. The third-order valence-corrected chi connectivity index (χ3v) is 3.16. The van der Waals surface area contributed by atoms with Crippen molar-refractivity contribution in [3.05, 3.63) is 35.4 Å². The molecule has 1 aromatic rings. The fourth-order valence-electron chi connectivity index (χ4n) is 2.15. The second kappa shape index (κ2) is 3.35. The van der Waals surface area contributed by atoms with Crippen LogP contribution in [0.4, 0.5) is 0 Å². The molecule has 0 heterocycles. The molecule has 3 nitrogen and oxygen atoms in total. The summed E-state index contributed by atoms with van der Waals surface area (Å²) in [6.45, 7) is 2.04. The van der Waals surface area contributed by atoms with Crippen molar-refractivity contribution in [3.8, 4) is 0 Å². The van der Waals surface area contributed by atoms with Gasteiger partial charge in [0.1, 0.15) is 5.54 Å². The van der Waals surface area contributed by atoms with Gasteiger partial charge in [-0.2, -0.15) is 0 Å². The van der Waals surface area contributed by atoms with Crippen molar-refractivity contribution in [2.24, 2.45) is 5.73 Å². The van der Waals surface area contributed by atoms with Crippen LogP contribution in [0.25, 0.3) is 0 Å². The van der Waals surface area contributed by atoms with Crippen LogP contribution in [0.15, 0.2) is 24.3 Å². The maximum atomic E-state index is 10.8. The molecule has 15 heavy (non-hydrogen) atoms. The van der Waals surface area contributed by atoms with Crippen LogP contribution in [0, 0.1) is 6.92 Å². The second-order valence-corrected chi connectivity index (χ2v) is 4.48. The number of aryl methyl sites for hydroxylation is 1. The molecule has 1 saturated carbocycles. The Morgan fingerprint density at radius 2 is 2.20 bits per heavy atom.